The van der Waals surface area contributed by atoms with Crippen molar-refractivity contribution in [2.45, 2.75) is 19.1 Å². The van der Waals surface area contributed by atoms with Gasteiger partial charge in [-0.3, -0.25) is 4.79 Å². The summed E-state index contributed by atoms with van der Waals surface area (Å²) in [4.78, 5) is 11.8. The average Bonchev–Trinajstić information content (AvgIpc) is 2.92. The Morgan fingerprint density at radius 1 is 1.28 bits per heavy atom. The number of carbonyl (C=O) groups is 1. The minimum atomic E-state index is -0.700. The molecule has 2 N–H and O–H groups in total. The molecule has 0 spiro atoms. The van der Waals surface area contributed by atoms with Gasteiger partial charge < -0.3 is 10.4 Å². The first-order valence-corrected chi connectivity index (χ1v) is 6.69. The normalized spacial score (nSPS) is 13.9. The van der Waals surface area contributed by atoms with Crippen molar-refractivity contribution in [1.82, 2.24) is 5.32 Å². The van der Waals surface area contributed by atoms with Crippen LogP contribution in [0, 0.1) is 0 Å². The first-order valence-electron chi connectivity index (χ1n) is 5.74. The van der Waals surface area contributed by atoms with E-state index >= 15 is 0 Å². The maximum absolute atomic E-state index is 11.8. The molecule has 1 aromatic carbocycles. The maximum atomic E-state index is 11.8. The molecule has 2 aromatic rings. The molecule has 1 heterocycles. The van der Waals surface area contributed by atoms with Crippen LogP contribution in [0.2, 0.25) is 0 Å². The van der Waals surface area contributed by atoms with Crippen LogP contribution < -0.4 is 5.32 Å². The summed E-state index contributed by atoms with van der Waals surface area (Å²) < 4.78 is 0. The summed E-state index contributed by atoms with van der Waals surface area (Å²) in [6.07, 6.45) is -0.700. The Labute approximate surface area is 110 Å². The van der Waals surface area contributed by atoms with Gasteiger partial charge in [-0.25, -0.2) is 0 Å². The molecule has 2 atom stereocenters. The van der Waals surface area contributed by atoms with Crippen molar-refractivity contribution in [3.63, 3.8) is 0 Å². The van der Waals surface area contributed by atoms with Crippen LogP contribution in [0.25, 0.3) is 0 Å². The molecule has 18 heavy (non-hydrogen) atoms. The predicted octanol–water partition coefficient (Wildman–Crippen LogP) is 2.60. The van der Waals surface area contributed by atoms with E-state index in [2.05, 4.69) is 5.32 Å². The van der Waals surface area contributed by atoms with Crippen molar-refractivity contribution in [1.29, 1.82) is 0 Å². The van der Waals surface area contributed by atoms with Crippen molar-refractivity contribution in [2.24, 2.45) is 0 Å². The third-order valence-corrected chi connectivity index (χ3v) is 3.44. The fraction of sp³-hybridized carbons (Fsp3) is 0.214. The molecule has 94 valence electrons. The molecule has 0 bridgehead atoms. The summed E-state index contributed by atoms with van der Waals surface area (Å²) in [5.74, 6) is -0.154. The number of rotatable bonds is 4. The van der Waals surface area contributed by atoms with Crippen molar-refractivity contribution in [3.8, 4) is 0 Å². The van der Waals surface area contributed by atoms with Gasteiger partial charge in [0.15, 0.2) is 0 Å². The number of aliphatic hydroxyl groups is 1. The van der Waals surface area contributed by atoms with Crippen LogP contribution >= 0.6 is 11.3 Å². The molecule has 1 amide bonds. The van der Waals surface area contributed by atoms with Gasteiger partial charge in [-0.2, -0.15) is 11.3 Å². The third-order valence-electron chi connectivity index (χ3n) is 2.76. The molecule has 0 aliphatic heterocycles. The number of carbonyl (C=O) groups excluding carboxylic acids is 1. The van der Waals surface area contributed by atoms with Crippen LogP contribution in [0.4, 0.5) is 0 Å². The van der Waals surface area contributed by atoms with Crippen molar-refractivity contribution >= 4 is 17.2 Å². The summed E-state index contributed by atoms with van der Waals surface area (Å²) in [5.41, 5.74) is 1.43. The van der Waals surface area contributed by atoms with Crippen molar-refractivity contribution in [3.05, 3.63) is 58.3 Å². The van der Waals surface area contributed by atoms with Crippen LogP contribution in [-0.2, 0) is 0 Å². The van der Waals surface area contributed by atoms with Gasteiger partial charge in [0.2, 0.25) is 0 Å². The summed E-state index contributed by atoms with van der Waals surface area (Å²) in [6.45, 7) is 1.79. The molecule has 4 heteroatoms. The Hall–Kier alpha value is -1.65. The van der Waals surface area contributed by atoms with E-state index < -0.39 is 6.10 Å². The molecule has 0 aliphatic rings. The van der Waals surface area contributed by atoms with Gasteiger partial charge in [0.1, 0.15) is 0 Å². The number of aliphatic hydroxyl groups excluding tert-OH is 1. The first-order chi connectivity index (χ1) is 8.68. The number of hydrogen-bond acceptors (Lipinski definition) is 3. The molecule has 2 rings (SSSR count). The van der Waals surface area contributed by atoms with Crippen LogP contribution in [0.5, 0.6) is 0 Å². The lowest BCUT2D eigenvalue weighted by Crippen LogP contribution is -2.36. The highest BCUT2D eigenvalue weighted by molar-refractivity contribution is 7.08. The Kier molecular flexibility index (Phi) is 4.12. The second-order valence-electron chi connectivity index (χ2n) is 4.13. The standard InChI is InChI=1S/C14H15NO2S/c1-10(13(16)11-5-3-2-4-6-11)15-14(17)12-7-8-18-9-12/h2-10,13,16H,1H3,(H,15,17). The molecule has 0 fully saturated rings. The van der Waals surface area contributed by atoms with E-state index in [9.17, 15) is 9.90 Å². The number of hydrogen-bond donors (Lipinski definition) is 2. The smallest absolute Gasteiger partial charge is 0.252 e. The van der Waals surface area contributed by atoms with Crippen LogP contribution in [0.3, 0.4) is 0 Å². The molecular weight excluding hydrogens is 246 g/mol. The Balaban J connectivity index is 2.00. The second kappa shape index (κ2) is 5.80. The van der Waals surface area contributed by atoms with Gasteiger partial charge >= 0.3 is 0 Å². The predicted molar refractivity (Wildman–Crippen MR) is 72.6 cm³/mol. The highest BCUT2D eigenvalue weighted by Gasteiger charge is 2.18. The van der Waals surface area contributed by atoms with E-state index in [0.29, 0.717) is 5.56 Å². The molecule has 0 saturated carbocycles. The summed E-state index contributed by atoms with van der Waals surface area (Å²) in [5, 5.41) is 16.6. The maximum Gasteiger partial charge on any atom is 0.252 e. The first kappa shape index (κ1) is 12.8. The Morgan fingerprint density at radius 2 is 2.00 bits per heavy atom. The Morgan fingerprint density at radius 3 is 2.61 bits per heavy atom. The minimum absolute atomic E-state index is 0.154. The van der Waals surface area contributed by atoms with E-state index in [1.165, 1.54) is 11.3 Å². The average molecular weight is 261 g/mol. The van der Waals surface area contributed by atoms with Gasteiger partial charge in [-0.15, -0.1) is 0 Å². The van der Waals surface area contributed by atoms with Gasteiger partial charge in [0.25, 0.3) is 5.91 Å². The Bertz CT molecular complexity index is 496. The topological polar surface area (TPSA) is 49.3 Å². The summed E-state index contributed by atoms with van der Waals surface area (Å²) in [6, 6.07) is 10.8. The zero-order valence-corrected chi connectivity index (χ0v) is 10.9. The highest BCUT2D eigenvalue weighted by atomic mass is 32.1. The molecular formula is C14H15NO2S. The molecule has 2 unspecified atom stereocenters. The lowest BCUT2D eigenvalue weighted by Gasteiger charge is -2.20. The largest absolute Gasteiger partial charge is 0.386 e. The summed E-state index contributed by atoms with van der Waals surface area (Å²) >= 11 is 1.48. The molecule has 0 aliphatic carbocycles. The van der Waals surface area contributed by atoms with E-state index in [-0.39, 0.29) is 11.9 Å². The van der Waals surface area contributed by atoms with Crippen molar-refractivity contribution in [2.75, 3.05) is 0 Å². The number of amides is 1. The molecule has 1 aromatic heterocycles. The number of thiophene rings is 1. The third kappa shape index (κ3) is 2.97. The zero-order valence-electron chi connectivity index (χ0n) is 10.0. The van der Waals surface area contributed by atoms with Gasteiger partial charge in [-0.05, 0) is 23.9 Å². The van der Waals surface area contributed by atoms with Gasteiger partial charge in [0, 0.05) is 10.9 Å². The minimum Gasteiger partial charge on any atom is -0.386 e. The van der Waals surface area contributed by atoms with Gasteiger partial charge in [-0.1, -0.05) is 30.3 Å². The SMILES string of the molecule is CC(NC(=O)c1ccsc1)C(O)c1ccccc1. The number of benzene rings is 1. The lowest BCUT2D eigenvalue weighted by atomic mass is 10.0. The monoisotopic (exact) mass is 261 g/mol. The van der Waals surface area contributed by atoms with Crippen LogP contribution in [0.1, 0.15) is 28.9 Å². The molecule has 0 radical (unpaired) electrons. The fourth-order valence-electron chi connectivity index (χ4n) is 1.70. The lowest BCUT2D eigenvalue weighted by molar-refractivity contribution is 0.0852. The quantitative estimate of drug-likeness (QED) is 0.888. The highest BCUT2D eigenvalue weighted by Crippen LogP contribution is 2.16. The van der Waals surface area contributed by atoms with Gasteiger partial charge in [0.05, 0.1) is 12.1 Å². The van der Waals surface area contributed by atoms with Crippen LogP contribution in [-0.4, -0.2) is 17.1 Å². The molecule has 3 nitrogen and oxygen atoms in total. The molecule has 0 saturated heterocycles. The second-order valence-corrected chi connectivity index (χ2v) is 4.91. The van der Waals surface area contributed by atoms with Crippen molar-refractivity contribution < 1.29 is 9.90 Å². The summed E-state index contributed by atoms with van der Waals surface area (Å²) in [7, 11) is 0. The zero-order chi connectivity index (χ0) is 13.0. The van der Waals surface area contributed by atoms with E-state index in [4.69, 9.17) is 0 Å². The van der Waals surface area contributed by atoms with E-state index in [1.807, 2.05) is 35.7 Å². The number of nitrogens with one attached hydrogen (secondary N) is 1. The fourth-order valence-corrected chi connectivity index (χ4v) is 2.34. The van der Waals surface area contributed by atoms with E-state index in [0.717, 1.165) is 5.56 Å². The van der Waals surface area contributed by atoms with Crippen LogP contribution in [0.15, 0.2) is 47.2 Å². The van der Waals surface area contributed by atoms with E-state index in [1.54, 1.807) is 18.4 Å².